The van der Waals surface area contributed by atoms with Crippen molar-refractivity contribution in [2.45, 2.75) is 6.43 Å². The molecule has 0 bridgehead atoms. The summed E-state index contributed by atoms with van der Waals surface area (Å²) in [6.45, 7) is -0.499. The molecule has 4 nitrogen and oxygen atoms in total. The van der Waals surface area contributed by atoms with Gasteiger partial charge in [-0.15, -0.1) is 0 Å². The van der Waals surface area contributed by atoms with Gasteiger partial charge in [0.25, 0.3) is 12.3 Å². The summed E-state index contributed by atoms with van der Waals surface area (Å²) < 4.78 is 24.6. The van der Waals surface area contributed by atoms with E-state index in [1.807, 2.05) is 0 Å². The van der Waals surface area contributed by atoms with Crippen molar-refractivity contribution in [3.8, 4) is 0 Å². The van der Waals surface area contributed by atoms with Crippen molar-refractivity contribution in [1.82, 2.24) is 9.88 Å². The van der Waals surface area contributed by atoms with Crippen molar-refractivity contribution in [2.75, 3.05) is 18.4 Å². The zero-order valence-corrected chi connectivity index (χ0v) is 10.4. The van der Waals surface area contributed by atoms with Crippen LogP contribution in [0.3, 0.4) is 0 Å². The van der Waals surface area contributed by atoms with Crippen molar-refractivity contribution >= 4 is 21.8 Å². The average Bonchev–Trinajstić information content (AvgIpc) is 2.27. The fraction of sp³-hybridized carbons (Fsp3) is 0.400. The van der Waals surface area contributed by atoms with Crippen molar-refractivity contribution in [3.63, 3.8) is 0 Å². The van der Waals surface area contributed by atoms with Crippen LogP contribution in [-0.4, -0.2) is 40.6 Å². The number of hydrogen-bond acceptors (Lipinski definition) is 2. The summed E-state index contributed by atoms with van der Waals surface area (Å²) in [4.78, 5) is 26.1. The normalized spacial score (nSPS) is 10.6. The Labute approximate surface area is 105 Å². The molecular formula is C10H11BrF2N2O2. The minimum atomic E-state index is -2.60. The van der Waals surface area contributed by atoms with Gasteiger partial charge in [0.2, 0.25) is 5.56 Å². The Bertz CT molecular complexity index is 436. The van der Waals surface area contributed by atoms with Crippen molar-refractivity contribution in [2.24, 2.45) is 0 Å². The van der Waals surface area contributed by atoms with Crippen molar-refractivity contribution in [3.05, 3.63) is 34.2 Å². The highest BCUT2D eigenvalue weighted by molar-refractivity contribution is 9.09. The van der Waals surface area contributed by atoms with Gasteiger partial charge in [-0.1, -0.05) is 22.0 Å². The highest BCUT2D eigenvalue weighted by atomic mass is 79.9. The zero-order valence-electron chi connectivity index (χ0n) is 8.83. The minimum absolute atomic E-state index is 0.0131. The predicted octanol–water partition coefficient (Wildman–Crippen LogP) is 1.48. The Balaban J connectivity index is 2.87. The van der Waals surface area contributed by atoms with Crippen LogP contribution in [0, 0.1) is 0 Å². The Hall–Kier alpha value is -1.24. The van der Waals surface area contributed by atoms with E-state index in [0.29, 0.717) is 5.33 Å². The molecule has 0 aromatic carbocycles. The van der Waals surface area contributed by atoms with Gasteiger partial charge < -0.3 is 9.88 Å². The topological polar surface area (TPSA) is 53.2 Å². The van der Waals surface area contributed by atoms with Gasteiger partial charge >= 0.3 is 0 Å². The number of amides is 1. The Morgan fingerprint density at radius 2 is 2.18 bits per heavy atom. The number of carbonyl (C=O) groups is 1. The highest BCUT2D eigenvalue weighted by Crippen LogP contribution is 2.05. The van der Waals surface area contributed by atoms with Crippen LogP contribution in [0.2, 0.25) is 0 Å². The monoisotopic (exact) mass is 308 g/mol. The smallest absolute Gasteiger partial charge is 0.270 e. The fourth-order valence-corrected chi connectivity index (χ4v) is 1.72. The SMILES string of the molecule is O=C(c1cccc(=O)[nH]1)N(CCBr)CC(F)F. The molecule has 1 rings (SSSR count). The summed E-state index contributed by atoms with van der Waals surface area (Å²) in [5.74, 6) is -0.609. The van der Waals surface area contributed by atoms with E-state index in [2.05, 4.69) is 20.9 Å². The first-order valence-corrected chi connectivity index (χ1v) is 5.99. The maximum absolute atomic E-state index is 12.3. The first kappa shape index (κ1) is 13.8. The number of hydrogen-bond donors (Lipinski definition) is 1. The van der Waals surface area contributed by atoms with Crippen LogP contribution in [0.25, 0.3) is 0 Å². The number of H-pyrrole nitrogens is 1. The maximum Gasteiger partial charge on any atom is 0.270 e. The molecule has 17 heavy (non-hydrogen) atoms. The fourth-order valence-electron chi connectivity index (χ4n) is 1.29. The molecule has 1 amide bonds. The third-order valence-electron chi connectivity index (χ3n) is 2.00. The summed E-state index contributed by atoms with van der Waals surface area (Å²) in [6, 6.07) is 4.04. The maximum atomic E-state index is 12.3. The molecule has 0 spiro atoms. The number of nitrogens with zero attached hydrogens (tertiary/aromatic N) is 1. The van der Waals surface area contributed by atoms with Crippen LogP contribution in [-0.2, 0) is 0 Å². The summed E-state index contributed by atoms with van der Waals surface area (Å²) >= 11 is 3.08. The third kappa shape index (κ3) is 4.26. The summed E-state index contributed by atoms with van der Waals surface area (Å²) in [6.07, 6.45) is -2.60. The number of nitrogens with one attached hydrogen (secondary N) is 1. The summed E-state index contributed by atoms with van der Waals surface area (Å²) in [5.41, 5.74) is -0.425. The van der Waals surface area contributed by atoms with E-state index in [4.69, 9.17) is 0 Å². The molecule has 0 unspecified atom stereocenters. The van der Waals surface area contributed by atoms with Gasteiger partial charge in [-0.05, 0) is 6.07 Å². The largest absolute Gasteiger partial charge is 0.331 e. The zero-order chi connectivity index (χ0) is 12.8. The van der Waals surface area contributed by atoms with E-state index in [1.54, 1.807) is 0 Å². The molecule has 0 aliphatic rings. The van der Waals surface area contributed by atoms with Gasteiger partial charge in [0.1, 0.15) is 5.69 Å². The predicted molar refractivity (Wildman–Crippen MR) is 62.8 cm³/mol. The standard InChI is InChI=1S/C10H11BrF2N2O2/c11-4-5-15(6-8(12)13)10(17)7-2-1-3-9(16)14-7/h1-3,8H,4-6H2,(H,14,16). The highest BCUT2D eigenvalue weighted by Gasteiger charge is 2.19. The first-order valence-electron chi connectivity index (χ1n) is 4.87. The van der Waals surface area contributed by atoms with Crippen LogP contribution in [0.4, 0.5) is 8.78 Å². The van der Waals surface area contributed by atoms with Crippen molar-refractivity contribution < 1.29 is 13.6 Å². The van der Waals surface area contributed by atoms with E-state index >= 15 is 0 Å². The quantitative estimate of drug-likeness (QED) is 0.838. The third-order valence-corrected chi connectivity index (χ3v) is 2.35. The Morgan fingerprint density at radius 3 is 2.71 bits per heavy atom. The molecule has 0 saturated heterocycles. The number of halogens is 3. The minimum Gasteiger partial charge on any atom is -0.331 e. The molecule has 0 aliphatic heterocycles. The number of carbonyl (C=O) groups excluding carboxylic acids is 1. The molecule has 1 aromatic heterocycles. The van der Waals surface area contributed by atoms with Crippen LogP contribution in [0.1, 0.15) is 10.5 Å². The van der Waals surface area contributed by atoms with E-state index in [9.17, 15) is 18.4 Å². The molecule has 0 fully saturated rings. The number of aromatic amines is 1. The molecule has 7 heteroatoms. The van der Waals surface area contributed by atoms with Crippen LogP contribution >= 0.6 is 15.9 Å². The average molecular weight is 309 g/mol. The number of rotatable bonds is 5. The van der Waals surface area contributed by atoms with Gasteiger partial charge in [-0.2, -0.15) is 0 Å². The van der Waals surface area contributed by atoms with E-state index in [0.717, 1.165) is 4.90 Å². The van der Waals surface area contributed by atoms with E-state index in [-0.39, 0.29) is 12.2 Å². The lowest BCUT2D eigenvalue weighted by Crippen LogP contribution is -2.37. The lowest BCUT2D eigenvalue weighted by atomic mass is 10.3. The molecule has 0 saturated carbocycles. The summed E-state index contributed by atoms with van der Waals surface area (Å²) in [7, 11) is 0. The number of alkyl halides is 3. The molecule has 0 atom stereocenters. The molecule has 0 radical (unpaired) electrons. The van der Waals surface area contributed by atoms with Gasteiger partial charge in [-0.3, -0.25) is 9.59 Å². The molecule has 0 aliphatic carbocycles. The van der Waals surface area contributed by atoms with Crippen LogP contribution in [0.5, 0.6) is 0 Å². The number of aromatic nitrogens is 1. The molecule has 1 aromatic rings. The Kier molecular flexibility index (Phi) is 5.27. The lowest BCUT2D eigenvalue weighted by molar-refractivity contribution is 0.0567. The van der Waals surface area contributed by atoms with E-state index < -0.39 is 24.4 Å². The molecule has 94 valence electrons. The molecular weight excluding hydrogens is 298 g/mol. The second kappa shape index (κ2) is 6.48. The van der Waals surface area contributed by atoms with E-state index in [1.165, 1.54) is 18.2 Å². The van der Waals surface area contributed by atoms with Gasteiger partial charge in [0.05, 0.1) is 6.54 Å². The summed E-state index contributed by atoms with van der Waals surface area (Å²) in [5, 5.41) is 0.391. The van der Waals surface area contributed by atoms with Gasteiger partial charge in [0.15, 0.2) is 0 Å². The van der Waals surface area contributed by atoms with Crippen LogP contribution in [0.15, 0.2) is 23.0 Å². The first-order chi connectivity index (χ1) is 8.04. The number of pyridine rings is 1. The van der Waals surface area contributed by atoms with Gasteiger partial charge in [0, 0.05) is 17.9 Å². The van der Waals surface area contributed by atoms with Gasteiger partial charge in [-0.25, -0.2) is 8.78 Å². The second-order valence-electron chi connectivity index (χ2n) is 3.26. The second-order valence-corrected chi connectivity index (χ2v) is 4.05. The molecule has 1 heterocycles. The van der Waals surface area contributed by atoms with Crippen molar-refractivity contribution in [1.29, 1.82) is 0 Å². The van der Waals surface area contributed by atoms with Crippen LogP contribution < -0.4 is 5.56 Å². The Morgan fingerprint density at radius 1 is 1.47 bits per heavy atom. The lowest BCUT2D eigenvalue weighted by Gasteiger charge is -2.20. The molecule has 1 N–H and O–H groups in total.